The molecule has 0 unspecified atom stereocenters. The monoisotopic (exact) mass is 324 g/mol. The Hall–Kier alpha value is -0.990. The predicted octanol–water partition coefficient (Wildman–Crippen LogP) is 5.12. The Morgan fingerprint density at radius 2 is 1.94 bits per heavy atom. The van der Waals surface area contributed by atoms with Gasteiger partial charge in [-0.15, -0.1) is 0 Å². The molecule has 0 saturated heterocycles. The zero-order valence-corrected chi connectivity index (χ0v) is 12.5. The molecule has 1 nitrogen and oxygen atoms in total. The van der Waals surface area contributed by atoms with Crippen LogP contribution in [0, 0.1) is 6.92 Å². The van der Waals surface area contributed by atoms with Crippen LogP contribution in [0.15, 0.2) is 42.5 Å². The molecule has 0 fully saturated rings. The number of para-hydroxylation sites is 1. The largest absolute Gasteiger partial charge is 0.488 e. The van der Waals surface area contributed by atoms with E-state index in [1.807, 2.05) is 30.3 Å². The molecule has 2 aromatic rings. The Balaban J connectivity index is 2.15. The Labute approximate surface area is 121 Å². The average Bonchev–Trinajstić information content (AvgIpc) is 2.37. The van der Waals surface area contributed by atoms with Crippen LogP contribution < -0.4 is 4.74 Å². The van der Waals surface area contributed by atoms with Gasteiger partial charge in [0.25, 0.3) is 0 Å². The summed E-state index contributed by atoms with van der Waals surface area (Å²) >= 11 is 9.43. The fourth-order valence-electron chi connectivity index (χ4n) is 1.81. The van der Waals surface area contributed by atoms with Crippen molar-refractivity contribution in [2.45, 2.75) is 18.9 Å². The van der Waals surface area contributed by atoms with Gasteiger partial charge in [-0.3, -0.25) is 0 Å². The minimum absolute atomic E-state index is 0.533. The van der Waals surface area contributed by atoms with Crippen molar-refractivity contribution < 1.29 is 4.74 Å². The number of halogens is 2. The zero-order valence-electron chi connectivity index (χ0n) is 10.1. The van der Waals surface area contributed by atoms with Gasteiger partial charge < -0.3 is 4.74 Å². The molecule has 2 rings (SSSR count). The Morgan fingerprint density at radius 3 is 2.67 bits per heavy atom. The fraction of sp³-hybridized carbons (Fsp3) is 0.200. The molecule has 0 aliphatic heterocycles. The minimum atomic E-state index is 0.533. The SMILES string of the molecule is Cc1cccc(CBr)c1OCc1cccc(Cl)c1. The normalized spacial score (nSPS) is 10.4. The molecular weight excluding hydrogens is 312 g/mol. The maximum absolute atomic E-state index is 5.95. The third-order valence-electron chi connectivity index (χ3n) is 2.71. The van der Waals surface area contributed by atoms with Crippen molar-refractivity contribution in [1.29, 1.82) is 0 Å². The molecule has 0 aliphatic carbocycles. The minimum Gasteiger partial charge on any atom is -0.488 e. The van der Waals surface area contributed by atoms with Gasteiger partial charge in [-0.1, -0.05) is 57.9 Å². The van der Waals surface area contributed by atoms with Gasteiger partial charge in [-0.25, -0.2) is 0 Å². The smallest absolute Gasteiger partial charge is 0.126 e. The van der Waals surface area contributed by atoms with Crippen molar-refractivity contribution in [3.8, 4) is 5.75 Å². The number of hydrogen-bond donors (Lipinski definition) is 0. The summed E-state index contributed by atoms with van der Waals surface area (Å²) in [6.45, 7) is 2.59. The molecule has 0 heterocycles. The highest BCUT2D eigenvalue weighted by Gasteiger charge is 2.06. The van der Waals surface area contributed by atoms with E-state index in [9.17, 15) is 0 Å². The average molecular weight is 326 g/mol. The van der Waals surface area contributed by atoms with Crippen molar-refractivity contribution in [1.82, 2.24) is 0 Å². The highest BCUT2D eigenvalue weighted by atomic mass is 79.9. The first kappa shape index (κ1) is 13.4. The van der Waals surface area contributed by atoms with E-state index < -0.39 is 0 Å². The van der Waals surface area contributed by atoms with Crippen LogP contribution in [0.2, 0.25) is 5.02 Å². The molecule has 0 bridgehead atoms. The lowest BCUT2D eigenvalue weighted by molar-refractivity contribution is 0.302. The summed E-state index contributed by atoms with van der Waals surface area (Å²) in [5.41, 5.74) is 3.39. The second kappa shape index (κ2) is 6.26. The van der Waals surface area contributed by atoms with E-state index in [-0.39, 0.29) is 0 Å². The molecule has 94 valence electrons. The Morgan fingerprint density at radius 1 is 1.17 bits per heavy atom. The second-order valence-electron chi connectivity index (χ2n) is 4.12. The first-order chi connectivity index (χ1) is 8.70. The summed E-state index contributed by atoms with van der Waals surface area (Å²) in [6.07, 6.45) is 0. The molecule has 0 N–H and O–H groups in total. The molecular formula is C15H14BrClO. The van der Waals surface area contributed by atoms with Gasteiger partial charge in [0.15, 0.2) is 0 Å². The van der Waals surface area contributed by atoms with Crippen LogP contribution in [0.25, 0.3) is 0 Å². The van der Waals surface area contributed by atoms with Gasteiger partial charge in [0.1, 0.15) is 12.4 Å². The number of rotatable bonds is 4. The van der Waals surface area contributed by atoms with Crippen molar-refractivity contribution in [3.05, 3.63) is 64.2 Å². The van der Waals surface area contributed by atoms with Crippen molar-refractivity contribution in [2.75, 3.05) is 0 Å². The molecule has 0 saturated carbocycles. The number of alkyl halides is 1. The van der Waals surface area contributed by atoms with Crippen molar-refractivity contribution >= 4 is 27.5 Å². The Bertz CT molecular complexity index is 540. The van der Waals surface area contributed by atoms with Gasteiger partial charge in [0, 0.05) is 15.9 Å². The summed E-state index contributed by atoms with van der Waals surface area (Å²) in [5.74, 6) is 0.953. The van der Waals surface area contributed by atoms with E-state index in [2.05, 4.69) is 35.0 Å². The van der Waals surface area contributed by atoms with Gasteiger partial charge in [-0.05, 0) is 30.2 Å². The molecule has 0 amide bonds. The fourth-order valence-corrected chi connectivity index (χ4v) is 2.46. The number of benzene rings is 2. The maximum atomic E-state index is 5.95. The van der Waals surface area contributed by atoms with Crippen LogP contribution in [0.4, 0.5) is 0 Å². The summed E-state index contributed by atoms with van der Waals surface area (Å²) in [5, 5.41) is 1.53. The molecule has 0 radical (unpaired) electrons. The molecule has 0 aromatic heterocycles. The highest BCUT2D eigenvalue weighted by Crippen LogP contribution is 2.26. The lowest BCUT2D eigenvalue weighted by Gasteiger charge is -2.13. The van der Waals surface area contributed by atoms with Crippen LogP contribution in [-0.4, -0.2) is 0 Å². The second-order valence-corrected chi connectivity index (χ2v) is 5.11. The van der Waals surface area contributed by atoms with E-state index in [4.69, 9.17) is 16.3 Å². The third-order valence-corrected chi connectivity index (χ3v) is 3.55. The van der Waals surface area contributed by atoms with Gasteiger partial charge in [-0.2, -0.15) is 0 Å². The topological polar surface area (TPSA) is 9.23 Å². The zero-order chi connectivity index (χ0) is 13.0. The molecule has 3 heteroatoms. The van der Waals surface area contributed by atoms with Crippen LogP contribution in [0.5, 0.6) is 5.75 Å². The number of aryl methyl sites for hydroxylation is 1. The van der Waals surface area contributed by atoms with E-state index in [0.717, 1.165) is 32.8 Å². The summed E-state index contributed by atoms with van der Waals surface area (Å²) in [4.78, 5) is 0. The molecule has 0 atom stereocenters. The van der Waals surface area contributed by atoms with Crippen molar-refractivity contribution in [2.24, 2.45) is 0 Å². The quantitative estimate of drug-likeness (QED) is 0.709. The first-order valence-electron chi connectivity index (χ1n) is 5.72. The lowest BCUT2D eigenvalue weighted by atomic mass is 10.1. The first-order valence-corrected chi connectivity index (χ1v) is 7.22. The van der Waals surface area contributed by atoms with E-state index in [0.29, 0.717) is 6.61 Å². The Kier molecular flexibility index (Phi) is 4.67. The lowest BCUT2D eigenvalue weighted by Crippen LogP contribution is -1.99. The van der Waals surface area contributed by atoms with Gasteiger partial charge in [0.05, 0.1) is 0 Å². The summed E-state index contributed by atoms with van der Waals surface area (Å²) in [7, 11) is 0. The molecule has 0 aliphatic rings. The highest BCUT2D eigenvalue weighted by molar-refractivity contribution is 9.08. The summed E-state index contributed by atoms with van der Waals surface area (Å²) < 4.78 is 5.91. The van der Waals surface area contributed by atoms with Crippen LogP contribution in [0.3, 0.4) is 0 Å². The van der Waals surface area contributed by atoms with Gasteiger partial charge in [0.2, 0.25) is 0 Å². The molecule has 18 heavy (non-hydrogen) atoms. The molecule has 2 aromatic carbocycles. The van der Waals surface area contributed by atoms with Crippen molar-refractivity contribution in [3.63, 3.8) is 0 Å². The van der Waals surface area contributed by atoms with E-state index in [1.165, 1.54) is 0 Å². The predicted molar refractivity (Wildman–Crippen MR) is 79.6 cm³/mol. The van der Waals surface area contributed by atoms with Crippen LogP contribution >= 0.6 is 27.5 Å². The maximum Gasteiger partial charge on any atom is 0.126 e. The van der Waals surface area contributed by atoms with Crippen LogP contribution in [-0.2, 0) is 11.9 Å². The van der Waals surface area contributed by atoms with E-state index >= 15 is 0 Å². The molecule has 0 spiro atoms. The number of ether oxygens (including phenoxy) is 1. The summed E-state index contributed by atoms with van der Waals surface area (Å²) in [6, 6.07) is 13.9. The third kappa shape index (κ3) is 3.27. The standard InChI is InChI=1S/C15H14BrClO/c1-11-4-2-6-13(9-16)15(11)18-10-12-5-3-7-14(17)8-12/h2-8H,9-10H2,1H3. The van der Waals surface area contributed by atoms with Gasteiger partial charge >= 0.3 is 0 Å². The van der Waals surface area contributed by atoms with Crippen LogP contribution in [0.1, 0.15) is 16.7 Å². The van der Waals surface area contributed by atoms with E-state index in [1.54, 1.807) is 0 Å². The number of hydrogen-bond acceptors (Lipinski definition) is 1.